The number of rotatable bonds is 5. The molecule has 0 bridgehead atoms. The van der Waals surface area contributed by atoms with E-state index in [4.69, 9.17) is 0 Å². The molecule has 6 nitrogen and oxygen atoms in total. The molecule has 1 amide bonds. The lowest BCUT2D eigenvalue weighted by molar-refractivity contribution is -0.123. The Bertz CT molecular complexity index is 535. The van der Waals surface area contributed by atoms with Gasteiger partial charge in [-0.2, -0.15) is 5.10 Å². The summed E-state index contributed by atoms with van der Waals surface area (Å²) in [5, 5.41) is 11.8. The first-order chi connectivity index (χ1) is 10.7. The third-order valence-electron chi connectivity index (χ3n) is 4.57. The van der Waals surface area contributed by atoms with Crippen LogP contribution >= 0.6 is 0 Å². The Labute approximate surface area is 131 Å². The van der Waals surface area contributed by atoms with Gasteiger partial charge in [0.1, 0.15) is 0 Å². The minimum absolute atomic E-state index is 0.247. The number of piperidine rings is 1. The smallest absolute Gasteiger partial charge is 0.245 e. The van der Waals surface area contributed by atoms with E-state index in [0.717, 1.165) is 69.0 Å². The van der Waals surface area contributed by atoms with Crippen LogP contribution in [0.3, 0.4) is 0 Å². The number of carbonyl (C=O) groups is 1. The van der Waals surface area contributed by atoms with Gasteiger partial charge < -0.3 is 10.2 Å². The molecule has 6 heteroatoms. The van der Waals surface area contributed by atoms with Crippen LogP contribution in [0.25, 0.3) is 0 Å². The molecule has 2 heterocycles. The van der Waals surface area contributed by atoms with E-state index in [1.54, 1.807) is 0 Å². The van der Waals surface area contributed by atoms with Gasteiger partial charge in [-0.15, -0.1) is 5.10 Å². The van der Waals surface area contributed by atoms with E-state index in [2.05, 4.69) is 39.2 Å². The van der Waals surface area contributed by atoms with Crippen LogP contribution in [0.4, 0.5) is 5.95 Å². The van der Waals surface area contributed by atoms with Gasteiger partial charge in [-0.1, -0.05) is 13.8 Å². The maximum absolute atomic E-state index is 11.8. The van der Waals surface area contributed by atoms with Crippen LogP contribution in [-0.4, -0.2) is 40.2 Å². The van der Waals surface area contributed by atoms with Crippen molar-refractivity contribution in [3.8, 4) is 0 Å². The van der Waals surface area contributed by atoms with Crippen molar-refractivity contribution in [1.82, 2.24) is 20.5 Å². The fourth-order valence-electron chi connectivity index (χ4n) is 2.95. The first-order valence-corrected chi connectivity index (χ1v) is 8.49. The molecule has 0 aromatic carbocycles. The van der Waals surface area contributed by atoms with Crippen molar-refractivity contribution < 1.29 is 4.79 Å². The van der Waals surface area contributed by atoms with Gasteiger partial charge in [-0.25, -0.2) is 4.98 Å². The summed E-state index contributed by atoms with van der Waals surface area (Å²) in [5.74, 6) is 1.28. The van der Waals surface area contributed by atoms with E-state index in [1.165, 1.54) is 0 Å². The molecule has 1 aromatic rings. The number of carbonyl (C=O) groups excluding carboxylic acids is 1. The highest BCUT2D eigenvalue weighted by molar-refractivity contribution is 5.81. The molecule has 0 radical (unpaired) electrons. The maximum atomic E-state index is 11.8. The van der Waals surface area contributed by atoms with E-state index in [0.29, 0.717) is 12.0 Å². The predicted molar refractivity (Wildman–Crippen MR) is 84.7 cm³/mol. The normalized spacial score (nSPS) is 19.3. The van der Waals surface area contributed by atoms with Crippen LogP contribution in [0.5, 0.6) is 0 Å². The monoisotopic (exact) mass is 303 g/mol. The van der Waals surface area contributed by atoms with Crippen LogP contribution in [0.1, 0.15) is 50.9 Å². The zero-order valence-corrected chi connectivity index (χ0v) is 13.5. The van der Waals surface area contributed by atoms with Crippen molar-refractivity contribution in [1.29, 1.82) is 0 Å². The Morgan fingerprint density at radius 2 is 1.77 bits per heavy atom. The van der Waals surface area contributed by atoms with Crippen LogP contribution < -0.4 is 10.2 Å². The summed E-state index contributed by atoms with van der Waals surface area (Å²) >= 11 is 0. The molecule has 22 heavy (non-hydrogen) atoms. The summed E-state index contributed by atoms with van der Waals surface area (Å²) in [4.78, 5) is 18.7. The summed E-state index contributed by atoms with van der Waals surface area (Å²) in [6, 6.07) is 0.304. The number of anilines is 1. The number of aryl methyl sites for hydroxylation is 2. The molecule has 0 atom stereocenters. The number of hydrogen-bond donors (Lipinski definition) is 1. The van der Waals surface area contributed by atoms with Gasteiger partial charge in [-0.3, -0.25) is 4.79 Å². The highest BCUT2D eigenvalue weighted by Gasteiger charge is 2.32. The molecular formula is C16H25N5O. The van der Waals surface area contributed by atoms with E-state index in [1.807, 2.05) is 0 Å². The van der Waals surface area contributed by atoms with Crippen LogP contribution in [0.15, 0.2) is 0 Å². The molecule has 1 aliphatic heterocycles. The molecule has 1 saturated heterocycles. The SMILES string of the molecule is CCc1nnc(N2CCC(NC(=O)C3CC3)CC2)nc1CC. The van der Waals surface area contributed by atoms with Gasteiger partial charge in [0.2, 0.25) is 11.9 Å². The highest BCUT2D eigenvalue weighted by atomic mass is 16.2. The molecule has 1 aliphatic carbocycles. The third-order valence-corrected chi connectivity index (χ3v) is 4.57. The lowest BCUT2D eigenvalue weighted by Gasteiger charge is -2.32. The first-order valence-electron chi connectivity index (χ1n) is 8.49. The lowest BCUT2D eigenvalue weighted by atomic mass is 10.1. The number of hydrogen-bond acceptors (Lipinski definition) is 5. The van der Waals surface area contributed by atoms with Crippen molar-refractivity contribution in [2.24, 2.45) is 5.92 Å². The Kier molecular flexibility index (Phi) is 4.55. The van der Waals surface area contributed by atoms with Gasteiger partial charge in [0, 0.05) is 25.0 Å². The van der Waals surface area contributed by atoms with Gasteiger partial charge in [-0.05, 0) is 38.5 Å². The number of aromatic nitrogens is 3. The minimum Gasteiger partial charge on any atom is -0.353 e. The summed E-state index contributed by atoms with van der Waals surface area (Å²) in [5.41, 5.74) is 2.05. The van der Waals surface area contributed by atoms with E-state index < -0.39 is 0 Å². The highest BCUT2D eigenvalue weighted by Crippen LogP contribution is 2.29. The first kappa shape index (κ1) is 15.2. The molecule has 1 saturated carbocycles. The predicted octanol–water partition coefficient (Wildman–Crippen LogP) is 1.49. The zero-order valence-electron chi connectivity index (χ0n) is 13.5. The Morgan fingerprint density at radius 3 is 2.36 bits per heavy atom. The molecule has 1 N–H and O–H groups in total. The molecule has 3 rings (SSSR count). The van der Waals surface area contributed by atoms with Crippen molar-refractivity contribution in [3.63, 3.8) is 0 Å². The Hall–Kier alpha value is -1.72. The second-order valence-corrected chi connectivity index (χ2v) is 6.26. The van der Waals surface area contributed by atoms with Crippen molar-refractivity contribution in [2.45, 2.75) is 58.4 Å². The second-order valence-electron chi connectivity index (χ2n) is 6.26. The topological polar surface area (TPSA) is 71.0 Å². The number of nitrogens with one attached hydrogen (secondary N) is 1. The summed E-state index contributed by atoms with van der Waals surface area (Å²) in [7, 11) is 0. The molecular weight excluding hydrogens is 278 g/mol. The molecule has 1 aromatic heterocycles. The maximum Gasteiger partial charge on any atom is 0.245 e. The van der Waals surface area contributed by atoms with Crippen molar-refractivity contribution in [2.75, 3.05) is 18.0 Å². The second kappa shape index (κ2) is 6.58. The van der Waals surface area contributed by atoms with E-state index in [9.17, 15) is 4.79 Å². The number of amides is 1. The minimum atomic E-state index is 0.247. The summed E-state index contributed by atoms with van der Waals surface area (Å²) in [6.45, 7) is 5.95. The third kappa shape index (κ3) is 3.36. The standard InChI is InChI=1S/C16H25N5O/c1-3-13-14(4-2)19-20-16(18-13)21-9-7-12(8-10-21)17-15(22)11-5-6-11/h11-12H,3-10H2,1-2H3,(H,17,22). The van der Waals surface area contributed by atoms with Gasteiger partial charge in [0.25, 0.3) is 0 Å². The van der Waals surface area contributed by atoms with Gasteiger partial charge >= 0.3 is 0 Å². The van der Waals surface area contributed by atoms with E-state index >= 15 is 0 Å². The molecule has 0 unspecified atom stereocenters. The number of nitrogens with zero attached hydrogens (tertiary/aromatic N) is 4. The lowest BCUT2D eigenvalue weighted by Crippen LogP contribution is -2.45. The average molecular weight is 303 g/mol. The Balaban J connectivity index is 1.57. The fourth-order valence-corrected chi connectivity index (χ4v) is 2.95. The summed E-state index contributed by atoms with van der Waals surface area (Å²) < 4.78 is 0. The van der Waals surface area contributed by atoms with Crippen LogP contribution in [-0.2, 0) is 17.6 Å². The zero-order chi connectivity index (χ0) is 15.5. The summed E-state index contributed by atoms with van der Waals surface area (Å²) in [6.07, 6.45) is 5.80. The van der Waals surface area contributed by atoms with Crippen molar-refractivity contribution in [3.05, 3.63) is 11.4 Å². The molecule has 2 fully saturated rings. The van der Waals surface area contributed by atoms with Gasteiger partial charge in [0.15, 0.2) is 0 Å². The largest absolute Gasteiger partial charge is 0.353 e. The molecule has 2 aliphatic rings. The Morgan fingerprint density at radius 1 is 1.09 bits per heavy atom. The van der Waals surface area contributed by atoms with Crippen LogP contribution in [0.2, 0.25) is 0 Å². The quantitative estimate of drug-likeness (QED) is 0.892. The van der Waals surface area contributed by atoms with Gasteiger partial charge in [0.05, 0.1) is 11.4 Å². The fraction of sp³-hybridized carbons (Fsp3) is 0.750. The molecule has 120 valence electrons. The molecule has 0 spiro atoms. The van der Waals surface area contributed by atoms with Crippen LogP contribution in [0, 0.1) is 5.92 Å². The van der Waals surface area contributed by atoms with Crippen molar-refractivity contribution >= 4 is 11.9 Å². The van der Waals surface area contributed by atoms with E-state index in [-0.39, 0.29) is 5.91 Å². The average Bonchev–Trinajstić information content (AvgIpc) is 3.40.